The van der Waals surface area contributed by atoms with Crippen LogP contribution in [0.4, 0.5) is 9.18 Å². The van der Waals surface area contributed by atoms with Crippen molar-refractivity contribution in [3.8, 4) is 23.0 Å². The lowest BCUT2D eigenvalue weighted by atomic mass is 9.79. The number of urea groups is 1. The van der Waals surface area contributed by atoms with Gasteiger partial charge in [0.05, 0.1) is 33.7 Å². The maximum Gasteiger partial charge on any atom is 0.320 e. The number of carbonyl (C=O) groups is 1. The summed E-state index contributed by atoms with van der Waals surface area (Å²) in [5.74, 6) is 0.302. The number of carbonyl (C=O) groups excluding carboxylic acids is 1. The first-order valence-electron chi connectivity index (χ1n) is 15.9. The second-order valence-electron chi connectivity index (χ2n) is 12.9. The molecule has 2 aromatic carbocycles. The summed E-state index contributed by atoms with van der Waals surface area (Å²) in [5, 5.41) is 19.6. The lowest BCUT2D eigenvalue weighted by molar-refractivity contribution is 0.160. The van der Waals surface area contributed by atoms with Gasteiger partial charge in [-0.2, -0.15) is 10.4 Å². The molecular weight excluding hydrogens is 640 g/mol. The molecule has 0 spiro atoms. The molecule has 9 rings (SSSR count). The lowest BCUT2D eigenvalue weighted by Crippen LogP contribution is -2.42. The number of aryl methyl sites for hydroxylation is 1. The fraction of sp³-hybridized carbons (Fsp3) is 0.382. The van der Waals surface area contributed by atoms with Gasteiger partial charge >= 0.3 is 6.03 Å². The highest BCUT2D eigenvalue weighted by Gasteiger charge is 2.50. The molecule has 240 valence electrons. The summed E-state index contributed by atoms with van der Waals surface area (Å²) in [6, 6.07) is 11.6. The Kier molecular flexibility index (Phi) is 7.35. The zero-order valence-electron chi connectivity index (χ0n) is 25.9. The molecule has 3 aromatic heterocycles. The summed E-state index contributed by atoms with van der Waals surface area (Å²) >= 11 is 13.1. The van der Waals surface area contributed by atoms with E-state index in [0.29, 0.717) is 46.2 Å². The Morgan fingerprint density at radius 2 is 2.09 bits per heavy atom. The van der Waals surface area contributed by atoms with Gasteiger partial charge in [0.25, 0.3) is 0 Å². The van der Waals surface area contributed by atoms with Crippen LogP contribution in [0.2, 0.25) is 10.0 Å². The molecule has 2 amide bonds. The zero-order valence-corrected chi connectivity index (χ0v) is 27.4. The number of hydrogen-bond donors (Lipinski definition) is 1. The van der Waals surface area contributed by atoms with Crippen molar-refractivity contribution in [3.05, 3.63) is 70.1 Å². The Hall–Kier alpha value is -4.24. The van der Waals surface area contributed by atoms with Crippen molar-refractivity contribution in [2.24, 2.45) is 5.92 Å². The molecule has 47 heavy (non-hydrogen) atoms. The number of rotatable bonds is 6. The van der Waals surface area contributed by atoms with Crippen LogP contribution in [0.15, 0.2) is 43.0 Å². The predicted molar refractivity (Wildman–Crippen MR) is 178 cm³/mol. The first kappa shape index (κ1) is 30.1. The molecule has 4 atom stereocenters. The average molecular weight is 673 g/mol. The van der Waals surface area contributed by atoms with E-state index in [-0.39, 0.29) is 46.7 Å². The number of nitrogens with zero attached hydrogens (tertiary/aromatic N) is 8. The Morgan fingerprint density at radius 3 is 2.79 bits per heavy atom. The molecule has 3 aliphatic heterocycles. The number of aromatic nitrogens is 5. The smallest absolute Gasteiger partial charge is 0.320 e. The van der Waals surface area contributed by atoms with E-state index in [1.54, 1.807) is 48.2 Å². The third-order valence-electron chi connectivity index (χ3n) is 10.1. The largest absolute Gasteiger partial charge is 0.337 e. The van der Waals surface area contributed by atoms with E-state index in [4.69, 9.17) is 28.2 Å². The van der Waals surface area contributed by atoms with Gasteiger partial charge in [0, 0.05) is 67.2 Å². The Balaban J connectivity index is 1.49. The number of likely N-dealkylation sites (tertiary alicyclic amines) is 1. The third-order valence-corrected chi connectivity index (χ3v) is 10.9. The fourth-order valence-electron chi connectivity index (χ4n) is 7.98. The van der Waals surface area contributed by atoms with Crippen molar-refractivity contribution >= 4 is 51.0 Å². The molecule has 0 radical (unpaired) electrons. The van der Waals surface area contributed by atoms with E-state index in [2.05, 4.69) is 32.1 Å². The van der Waals surface area contributed by atoms with E-state index in [9.17, 15) is 10.1 Å². The fourth-order valence-corrected chi connectivity index (χ4v) is 8.38. The topological polar surface area (TPSA) is 108 Å². The molecule has 1 aliphatic carbocycles. The minimum Gasteiger partial charge on any atom is -0.337 e. The van der Waals surface area contributed by atoms with Gasteiger partial charge in [-0.3, -0.25) is 0 Å². The SMILES string of the molecule is CN(C)C(=O)N1CCC[C@@H]1c1cc2c(-n3cncn3)nc3c(F)c(-c4cccc(Cl)c4Cl)c(CCC#N)cc3c2n1[C@H]1[C@H]2CN[C@@H]1C2. The van der Waals surface area contributed by atoms with E-state index in [1.807, 2.05) is 11.0 Å². The molecule has 4 fully saturated rings. The van der Waals surface area contributed by atoms with Gasteiger partial charge in [-0.25, -0.2) is 23.8 Å². The van der Waals surface area contributed by atoms with Crippen molar-refractivity contribution in [2.45, 2.75) is 50.2 Å². The minimum atomic E-state index is -0.544. The summed E-state index contributed by atoms with van der Waals surface area (Å²) in [6.45, 7) is 1.56. The number of nitriles is 1. The van der Waals surface area contributed by atoms with Crippen LogP contribution in [-0.4, -0.2) is 73.4 Å². The van der Waals surface area contributed by atoms with Crippen LogP contribution in [0.25, 0.3) is 38.8 Å². The summed E-state index contributed by atoms with van der Waals surface area (Å²) in [6.07, 6.45) is 6.25. The van der Waals surface area contributed by atoms with Crippen molar-refractivity contribution in [3.63, 3.8) is 0 Å². The number of pyridine rings is 1. The lowest BCUT2D eigenvalue weighted by Gasteiger charge is -2.39. The normalized spacial score (nSPS) is 21.8. The highest BCUT2D eigenvalue weighted by Crippen LogP contribution is 2.51. The van der Waals surface area contributed by atoms with Gasteiger partial charge in [0.1, 0.15) is 18.2 Å². The van der Waals surface area contributed by atoms with Crippen LogP contribution in [0.1, 0.15) is 49.0 Å². The number of amides is 2. The summed E-state index contributed by atoms with van der Waals surface area (Å²) in [5.41, 5.74) is 3.37. The van der Waals surface area contributed by atoms with Crippen LogP contribution in [0, 0.1) is 23.1 Å². The second-order valence-corrected chi connectivity index (χ2v) is 13.7. The summed E-state index contributed by atoms with van der Waals surface area (Å²) < 4.78 is 21.2. The molecule has 4 aliphatic rings. The molecule has 6 heterocycles. The standard InChI is InChI=1S/C34H32Cl2FN9O/c1-43(2)34(47)44-11-5-9-25(44)26-14-22-32(46(26)31-19-13-24(31)40-15-19)21-12-18(6-4-10-38)27(20-7-3-8-23(35)28(20)36)29(37)30(21)42-33(22)45-17-39-16-41-45/h3,7-8,12,14,16-17,19,24-25,31,40H,4-6,9,11,13,15H2,1-2H3/t19-,24-,25-,31+/m1/s1. The van der Waals surface area contributed by atoms with Crippen molar-refractivity contribution in [1.82, 2.24) is 39.4 Å². The molecule has 2 bridgehead atoms. The molecule has 3 saturated heterocycles. The van der Waals surface area contributed by atoms with Gasteiger partial charge in [0.15, 0.2) is 11.6 Å². The first-order valence-corrected chi connectivity index (χ1v) is 16.6. The van der Waals surface area contributed by atoms with E-state index in [0.717, 1.165) is 42.4 Å². The van der Waals surface area contributed by atoms with Crippen LogP contribution in [0.5, 0.6) is 0 Å². The van der Waals surface area contributed by atoms with Gasteiger partial charge in [-0.15, -0.1) is 0 Å². The molecular formula is C34H32Cl2FN9O. The monoisotopic (exact) mass is 671 g/mol. The van der Waals surface area contributed by atoms with E-state index >= 15 is 4.39 Å². The third kappa shape index (κ3) is 4.60. The number of hydrogen-bond acceptors (Lipinski definition) is 6. The average Bonchev–Trinajstić information content (AvgIpc) is 3.90. The highest BCUT2D eigenvalue weighted by atomic mass is 35.5. The van der Waals surface area contributed by atoms with Crippen LogP contribution < -0.4 is 5.32 Å². The van der Waals surface area contributed by atoms with Crippen molar-refractivity contribution in [2.75, 3.05) is 27.2 Å². The number of fused-ring (bicyclic) bond motifs is 4. The van der Waals surface area contributed by atoms with Crippen LogP contribution in [0.3, 0.4) is 0 Å². The number of benzene rings is 2. The molecule has 0 unspecified atom stereocenters. The molecule has 5 aromatic rings. The van der Waals surface area contributed by atoms with E-state index in [1.165, 1.54) is 6.33 Å². The quantitative estimate of drug-likeness (QED) is 0.216. The molecule has 10 nitrogen and oxygen atoms in total. The highest BCUT2D eigenvalue weighted by molar-refractivity contribution is 6.43. The van der Waals surface area contributed by atoms with E-state index < -0.39 is 5.82 Å². The molecule has 1 N–H and O–H groups in total. The summed E-state index contributed by atoms with van der Waals surface area (Å²) in [7, 11) is 3.55. The van der Waals surface area contributed by atoms with Gasteiger partial charge < -0.3 is 19.7 Å². The predicted octanol–water partition coefficient (Wildman–Crippen LogP) is 6.69. The summed E-state index contributed by atoms with van der Waals surface area (Å²) in [4.78, 5) is 26.1. The number of halogens is 3. The molecule has 13 heteroatoms. The van der Waals surface area contributed by atoms with Crippen molar-refractivity contribution < 1.29 is 9.18 Å². The Labute approximate surface area is 280 Å². The maximum absolute atomic E-state index is 17.3. The number of nitrogens with one attached hydrogen (secondary N) is 1. The molecule has 1 saturated carbocycles. The zero-order chi connectivity index (χ0) is 32.6. The Morgan fingerprint density at radius 1 is 1.23 bits per heavy atom. The minimum absolute atomic E-state index is 0.0358. The van der Waals surface area contributed by atoms with Gasteiger partial charge in [-0.05, 0) is 55.4 Å². The van der Waals surface area contributed by atoms with Crippen molar-refractivity contribution in [1.29, 1.82) is 5.26 Å². The van der Waals surface area contributed by atoms with Crippen LogP contribution >= 0.6 is 23.2 Å². The van der Waals surface area contributed by atoms with Gasteiger partial charge in [-0.1, -0.05) is 35.3 Å². The first-order chi connectivity index (χ1) is 22.8. The maximum atomic E-state index is 17.3. The van der Waals surface area contributed by atoms with Crippen LogP contribution in [-0.2, 0) is 6.42 Å². The Bertz CT molecular complexity index is 2090. The second kappa shape index (κ2) is 11.5. The van der Waals surface area contributed by atoms with Gasteiger partial charge in [0.2, 0.25) is 0 Å².